The summed E-state index contributed by atoms with van der Waals surface area (Å²) >= 11 is 0. The Kier molecular flexibility index (Phi) is 5.44. The van der Waals surface area contributed by atoms with Crippen LogP contribution in [0.3, 0.4) is 0 Å². The lowest BCUT2D eigenvalue weighted by atomic mass is 9.94. The number of alkyl halides is 3. The van der Waals surface area contributed by atoms with Gasteiger partial charge in [0.05, 0.1) is 12.0 Å². The summed E-state index contributed by atoms with van der Waals surface area (Å²) in [5, 5.41) is 0. The van der Waals surface area contributed by atoms with E-state index >= 15 is 0 Å². The van der Waals surface area contributed by atoms with Crippen molar-refractivity contribution >= 4 is 11.8 Å². The molecule has 7 heteroatoms. The highest BCUT2D eigenvalue weighted by Gasteiger charge is 2.32. The molecular formula is C18H23F3N2O2. The van der Waals surface area contributed by atoms with Crippen molar-refractivity contribution in [3.63, 3.8) is 0 Å². The number of amides is 2. The van der Waals surface area contributed by atoms with Gasteiger partial charge in [0.25, 0.3) is 0 Å². The molecule has 4 nitrogen and oxygen atoms in total. The summed E-state index contributed by atoms with van der Waals surface area (Å²) in [5.74, 6) is -0.181. The van der Waals surface area contributed by atoms with Crippen LogP contribution in [0.2, 0.25) is 0 Å². The standard InChI is InChI=1S/C18H23F3N2O2/c1-17(2,3)16(25)23-9-7-22(8-10-23)15(24)12-13-5-4-6-14(11-13)18(19,20)21/h4-6,11H,7-10,12H2,1-3H3. The first kappa shape index (κ1) is 19.3. The van der Waals surface area contributed by atoms with Crippen molar-refractivity contribution in [3.05, 3.63) is 35.4 Å². The Morgan fingerprint density at radius 1 is 1.00 bits per heavy atom. The topological polar surface area (TPSA) is 40.6 Å². The summed E-state index contributed by atoms with van der Waals surface area (Å²) in [4.78, 5) is 27.9. The molecule has 138 valence electrons. The van der Waals surface area contributed by atoms with E-state index < -0.39 is 17.2 Å². The Labute approximate surface area is 145 Å². The van der Waals surface area contributed by atoms with Crippen LogP contribution in [0.1, 0.15) is 31.9 Å². The Balaban J connectivity index is 1.94. The molecule has 1 fully saturated rings. The number of hydrogen-bond donors (Lipinski definition) is 0. The number of nitrogens with zero attached hydrogens (tertiary/aromatic N) is 2. The van der Waals surface area contributed by atoms with E-state index in [1.54, 1.807) is 9.80 Å². The molecule has 0 saturated carbocycles. The van der Waals surface area contributed by atoms with Crippen LogP contribution < -0.4 is 0 Å². The van der Waals surface area contributed by atoms with Gasteiger partial charge >= 0.3 is 6.18 Å². The van der Waals surface area contributed by atoms with E-state index in [9.17, 15) is 22.8 Å². The molecule has 0 spiro atoms. The third kappa shape index (κ3) is 4.96. The molecule has 0 aliphatic carbocycles. The molecule has 2 amide bonds. The highest BCUT2D eigenvalue weighted by molar-refractivity contribution is 5.82. The number of carbonyl (C=O) groups is 2. The quantitative estimate of drug-likeness (QED) is 0.817. The fourth-order valence-electron chi connectivity index (χ4n) is 2.78. The van der Waals surface area contributed by atoms with Gasteiger partial charge < -0.3 is 9.80 Å². The summed E-state index contributed by atoms with van der Waals surface area (Å²) in [6.07, 6.45) is -4.49. The molecule has 1 aromatic rings. The Hall–Kier alpha value is -2.05. The van der Waals surface area contributed by atoms with Crippen LogP contribution in [0, 0.1) is 5.41 Å². The first-order chi connectivity index (χ1) is 11.5. The third-order valence-corrected chi connectivity index (χ3v) is 4.17. The van der Waals surface area contributed by atoms with Crippen molar-refractivity contribution < 1.29 is 22.8 Å². The van der Waals surface area contributed by atoms with Gasteiger partial charge in [0, 0.05) is 31.6 Å². The molecule has 0 aromatic heterocycles. The second-order valence-corrected chi connectivity index (χ2v) is 7.30. The summed E-state index contributed by atoms with van der Waals surface area (Å²) in [6, 6.07) is 4.83. The lowest BCUT2D eigenvalue weighted by Gasteiger charge is -2.37. The summed E-state index contributed by atoms with van der Waals surface area (Å²) in [6.45, 7) is 7.25. The second kappa shape index (κ2) is 7.06. The zero-order valence-corrected chi connectivity index (χ0v) is 14.7. The lowest BCUT2D eigenvalue weighted by molar-refractivity contribution is -0.144. The highest BCUT2D eigenvalue weighted by atomic mass is 19.4. The number of carbonyl (C=O) groups excluding carboxylic acids is 2. The Morgan fingerprint density at radius 3 is 2.08 bits per heavy atom. The summed E-state index contributed by atoms with van der Waals surface area (Å²) < 4.78 is 38.2. The van der Waals surface area contributed by atoms with Crippen molar-refractivity contribution in [2.45, 2.75) is 33.4 Å². The van der Waals surface area contributed by atoms with E-state index in [4.69, 9.17) is 0 Å². The minimum Gasteiger partial charge on any atom is -0.339 e. The zero-order valence-electron chi connectivity index (χ0n) is 14.7. The molecule has 1 aliphatic rings. The molecule has 0 atom stereocenters. The number of halogens is 3. The van der Waals surface area contributed by atoms with Crippen LogP contribution in [-0.4, -0.2) is 47.8 Å². The van der Waals surface area contributed by atoms with E-state index in [1.807, 2.05) is 20.8 Å². The minimum atomic E-state index is -4.42. The van der Waals surface area contributed by atoms with Gasteiger partial charge in [-0.25, -0.2) is 0 Å². The van der Waals surface area contributed by atoms with Gasteiger partial charge in [-0.1, -0.05) is 39.0 Å². The molecule has 0 unspecified atom stereocenters. The maximum atomic E-state index is 12.7. The van der Waals surface area contributed by atoms with Gasteiger partial charge in [-0.2, -0.15) is 13.2 Å². The molecule has 0 radical (unpaired) electrons. The van der Waals surface area contributed by atoms with Crippen LogP contribution in [0.5, 0.6) is 0 Å². The molecule has 1 aliphatic heterocycles. The van der Waals surface area contributed by atoms with Crippen molar-refractivity contribution in [2.24, 2.45) is 5.41 Å². The van der Waals surface area contributed by atoms with Crippen LogP contribution in [0.15, 0.2) is 24.3 Å². The Morgan fingerprint density at radius 2 is 1.56 bits per heavy atom. The van der Waals surface area contributed by atoms with Gasteiger partial charge in [-0.15, -0.1) is 0 Å². The molecule has 1 heterocycles. The van der Waals surface area contributed by atoms with E-state index in [0.717, 1.165) is 12.1 Å². The number of benzene rings is 1. The fraction of sp³-hybridized carbons (Fsp3) is 0.556. The predicted molar refractivity (Wildman–Crippen MR) is 87.8 cm³/mol. The van der Waals surface area contributed by atoms with E-state index in [-0.39, 0.29) is 18.2 Å². The largest absolute Gasteiger partial charge is 0.416 e. The molecular weight excluding hydrogens is 333 g/mol. The summed E-state index contributed by atoms with van der Waals surface area (Å²) in [7, 11) is 0. The van der Waals surface area contributed by atoms with Crippen LogP contribution in [0.25, 0.3) is 0 Å². The third-order valence-electron chi connectivity index (χ3n) is 4.17. The molecule has 0 N–H and O–H groups in total. The zero-order chi connectivity index (χ0) is 18.8. The van der Waals surface area contributed by atoms with Gasteiger partial charge in [0.15, 0.2) is 0 Å². The normalized spacial score (nSPS) is 16.1. The van der Waals surface area contributed by atoms with Crippen molar-refractivity contribution in [1.29, 1.82) is 0 Å². The average Bonchev–Trinajstić information content (AvgIpc) is 2.53. The first-order valence-electron chi connectivity index (χ1n) is 8.22. The monoisotopic (exact) mass is 356 g/mol. The fourth-order valence-corrected chi connectivity index (χ4v) is 2.78. The first-order valence-corrected chi connectivity index (χ1v) is 8.22. The SMILES string of the molecule is CC(C)(C)C(=O)N1CCN(C(=O)Cc2cccc(C(F)(F)F)c2)CC1. The van der Waals surface area contributed by atoms with Crippen LogP contribution >= 0.6 is 0 Å². The second-order valence-electron chi connectivity index (χ2n) is 7.30. The smallest absolute Gasteiger partial charge is 0.339 e. The Bertz CT molecular complexity index is 642. The van der Waals surface area contributed by atoms with Gasteiger partial charge in [-0.05, 0) is 11.6 Å². The molecule has 0 bridgehead atoms. The van der Waals surface area contributed by atoms with Gasteiger partial charge in [-0.3, -0.25) is 9.59 Å². The lowest BCUT2D eigenvalue weighted by Crippen LogP contribution is -2.53. The van der Waals surface area contributed by atoms with Gasteiger partial charge in [0.2, 0.25) is 11.8 Å². The highest BCUT2D eigenvalue weighted by Crippen LogP contribution is 2.29. The number of rotatable bonds is 2. The molecule has 25 heavy (non-hydrogen) atoms. The van der Waals surface area contributed by atoms with Gasteiger partial charge in [0.1, 0.15) is 0 Å². The maximum absolute atomic E-state index is 12.7. The van der Waals surface area contributed by atoms with Crippen molar-refractivity contribution in [2.75, 3.05) is 26.2 Å². The van der Waals surface area contributed by atoms with E-state index in [2.05, 4.69) is 0 Å². The van der Waals surface area contributed by atoms with Crippen molar-refractivity contribution in [3.8, 4) is 0 Å². The minimum absolute atomic E-state index is 0.0393. The predicted octanol–water partition coefficient (Wildman–Crippen LogP) is 2.96. The molecule has 1 saturated heterocycles. The molecule has 2 rings (SSSR count). The van der Waals surface area contributed by atoms with Crippen LogP contribution in [-0.2, 0) is 22.2 Å². The summed E-state index contributed by atoms with van der Waals surface area (Å²) in [5.41, 5.74) is -0.879. The number of hydrogen-bond acceptors (Lipinski definition) is 2. The number of piperazine rings is 1. The average molecular weight is 356 g/mol. The maximum Gasteiger partial charge on any atom is 0.416 e. The van der Waals surface area contributed by atoms with Crippen molar-refractivity contribution in [1.82, 2.24) is 9.80 Å². The van der Waals surface area contributed by atoms with E-state index in [1.165, 1.54) is 12.1 Å². The van der Waals surface area contributed by atoms with E-state index in [0.29, 0.717) is 31.7 Å². The molecule has 1 aromatic carbocycles. The van der Waals surface area contributed by atoms with Crippen LogP contribution in [0.4, 0.5) is 13.2 Å².